The summed E-state index contributed by atoms with van der Waals surface area (Å²) in [6.45, 7) is 2.00. The molecule has 1 heterocycles. The number of rotatable bonds is 4. The molecule has 94 valence electrons. The fourth-order valence-corrected chi connectivity index (χ4v) is 2.01. The predicted molar refractivity (Wildman–Crippen MR) is 71.6 cm³/mol. The van der Waals surface area contributed by atoms with Crippen LogP contribution in [0.4, 0.5) is 0 Å². The van der Waals surface area contributed by atoms with Crippen molar-refractivity contribution in [3.8, 4) is 5.75 Å². The number of pyridine rings is 1. The summed E-state index contributed by atoms with van der Waals surface area (Å²) in [5.74, 6) is 0.186. The minimum absolute atomic E-state index is 0.110. The Hall–Kier alpha value is -1.62. The topological polar surface area (TPSA) is 48.4 Å². The normalized spacial score (nSPS) is 10.3. The maximum absolute atomic E-state index is 11.2. The van der Waals surface area contributed by atoms with E-state index in [0.717, 1.165) is 15.4 Å². The molecule has 0 amide bonds. The van der Waals surface area contributed by atoms with Crippen molar-refractivity contribution in [2.75, 3.05) is 13.2 Å². The summed E-state index contributed by atoms with van der Waals surface area (Å²) in [6.07, 6.45) is 1.68. The van der Waals surface area contributed by atoms with Crippen LogP contribution < -0.4 is 4.74 Å². The molecule has 0 spiro atoms. The maximum Gasteiger partial charge on any atom is 0.344 e. The molecule has 0 unspecified atom stereocenters. The molecule has 0 bridgehead atoms. The van der Waals surface area contributed by atoms with Crippen LogP contribution >= 0.6 is 15.9 Å². The van der Waals surface area contributed by atoms with Gasteiger partial charge in [-0.15, -0.1) is 0 Å². The Morgan fingerprint density at radius 3 is 3.00 bits per heavy atom. The lowest BCUT2D eigenvalue weighted by Crippen LogP contribution is -2.14. The van der Waals surface area contributed by atoms with Crippen LogP contribution in [0.5, 0.6) is 5.75 Å². The molecule has 4 nitrogen and oxygen atoms in total. The van der Waals surface area contributed by atoms with Crippen LogP contribution in [0.15, 0.2) is 34.9 Å². The average molecular weight is 310 g/mol. The third kappa shape index (κ3) is 2.79. The number of carbonyl (C=O) groups is 1. The number of ether oxygens (including phenoxy) is 2. The van der Waals surface area contributed by atoms with Crippen LogP contribution in [0.3, 0.4) is 0 Å². The summed E-state index contributed by atoms with van der Waals surface area (Å²) in [7, 11) is 0. The first-order chi connectivity index (χ1) is 8.72. The first-order valence-electron chi connectivity index (χ1n) is 5.54. The van der Waals surface area contributed by atoms with E-state index in [0.29, 0.717) is 12.4 Å². The van der Waals surface area contributed by atoms with Gasteiger partial charge in [0.2, 0.25) is 0 Å². The third-order valence-electron chi connectivity index (χ3n) is 2.33. The molecule has 0 aliphatic carbocycles. The summed E-state index contributed by atoms with van der Waals surface area (Å²) in [5, 5.41) is 0.943. The van der Waals surface area contributed by atoms with E-state index in [9.17, 15) is 4.79 Å². The van der Waals surface area contributed by atoms with Crippen molar-refractivity contribution in [3.63, 3.8) is 0 Å². The molecule has 1 aromatic heterocycles. The van der Waals surface area contributed by atoms with E-state index in [-0.39, 0.29) is 12.6 Å². The summed E-state index contributed by atoms with van der Waals surface area (Å²) in [4.78, 5) is 15.5. The number of hydrogen-bond acceptors (Lipinski definition) is 4. The van der Waals surface area contributed by atoms with Gasteiger partial charge in [-0.2, -0.15) is 0 Å². The Bertz CT molecular complexity index is 571. The van der Waals surface area contributed by atoms with Gasteiger partial charge in [0.05, 0.1) is 6.61 Å². The molecular weight excluding hydrogens is 298 g/mol. The predicted octanol–water partition coefficient (Wildman–Crippen LogP) is 2.94. The van der Waals surface area contributed by atoms with Crippen LogP contribution in [0.25, 0.3) is 10.9 Å². The zero-order chi connectivity index (χ0) is 13.0. The van der Waals surface area contributed by atoms with Crippen molar-refractivity contribution >= 4 is 32.8 Å². The number of aromatic nitrogens is 1. The molecule has 5 heteroatoms. The fourth-order valence-electron chi connectivity index (χ4n) is 1.57. The number of hydrogen-bond donors (Lipinski definition) is 0. The summed E-state index contributed by atoms with van der Waals surface area (Å²) < 4.78 is 11.2. The van der Waals surface area contributed by atoms with E-state index in [1.165, 1.54) is 0 Å². The van der Waals surface area contributed by atoms with E-state index >= 15 is 0 Å². The summed E-state index contributed by atoms with van der Waals surface area (Å²) >= 11 is 3.45. The van der Waals surface area contributed by atoms with Crippen molar-refractivity contribution < 1.29 is 14.3 Å². The highest BCUT2D eigenvalue weighted by Crippen LogP contribution is 2.28. The molecule has 2 rings (SSSR count). The van der Waals surface area contributed by atoms with Gasteiger partial charge in [0.15, 0.2) is 6.61 Å². The Morgan fingerprint density at radius 1 is 1.39 bits per heavy atom. The second-order valence-electron chi connectivity index (χ2n) is 3.54. The van der Waals surface area contributed by atoms with Crippen LogP contribution in [-0.4, -0.2) is 24.2 Å². The molecular formula is C13H12BrNO3. The zero-order valence-electron chi connectivity index (χ0n) is 9.85. The highest BCUT2D eigenvalue weighted by molar-refractivity contribution is 9.10. The minimum atomic E-state index is -0.385. The number of fused-ring (bicyclic) bond motifs is 1. The monoisotopic (exact) mass is 309 g/mol. The van der Waals surface area contributed by atoms with Gasteiger partial charge in [-0.25, -0.2) is 4.79 Å². The Kier molecular flexibility index (Phi) is 4.15. The maximum atomic E-state index is 11.2. The van der Waals surface area contributed by atoms with E-state index in [4.69, 9.17) is 9.47 Å². The van der Waals surface area contributed by atoms with Gasteiger partial charge in [-0.05, 0) is 19.1 Å². The van der Waals surface area contributed by atoms with Crippen molar-refractivity contribution in [1.29, 1.82) is 0 Å². The number of halogens is 1. The molecule has 0 saturated heterocycles. The van der Waals surface area contributed by atoms with Crippen molar-refractivity contribution in [1.82, 2.24) is 4.98 Å². The highest BCUT2D eigenvalue weighted by atomic mass is 79.9. The van der Waals surface area contributed by atoms with Crippen LogP contribution in [0.1, 0.15) is 6.92 Å². The molecule has 2 aromatic rings. The molecule has 0 atom stereocenters. The second-order valence-corrected chi connectivity index (χ2v) is 4.39. The van der Waals surface area contributed by atoms with E-state index < -0.39 is 0 Å². The van der Waals surface area contributed by atoms with Gasteiger partial charge in [-0.1, -0.05) is 28.1 Å². The molecule has 0 radical (unpaired) electrons. The lowest BCUT2D eigenvalue weighted by molar-refractivity contribution is -0.145. The Balaban J connectivity index is 2.23. The van der Waals surface area contributed by atoms with Crippen molar-refractivity contribution in [2.45, 2.75) is 6.92 Å². The number of carbonyl (C=O) groups excluding carboxylic acids is 1. The molecule has 0 saturated carbocycles. The average Bonchev–Trinajstić information content (AvgIpc) is 2.37. The smallest absolute Gasteiger partial charge is 0.344 e. The van der Waals surface area contributed by atoms with Crippen LogP contribution in [0, 0.1) is 0 Å². The standard InChI is InChI=1S/C13H12BrNO3/c1-2-17-12(16)8-18-11-5-3-4-9-10(14)6-7-15-13(9)11/h3-7H,2,8H2,1H3. The number of esters is 1. The highest BCUT2D eigenvalue weighted by Gasteiger charge is 2.08. The number of nitrogens with zero attached hydrogens (tertiary/aromatic N) is 1. The molecule has 18 heavy (non-hydrogen) atoms. The largest absolute Gasteiger partial charge is 0.480 e. The Morgan fingerprint density at radius 2 is 2.22 bits per heavy atom. The van der Waals surface area contributed by atoms with Crippen LogP contribution in [0.2, 0.25) is 0 Å². The van der Waals surface area contributed by atoms with Gasteiger partial charge in [0.25, 0.3) is 0 Å². The van der Waals surface area contributed by atoms with E-state index in [1.807, 2.05) is 18.2 Å². The van der Waals surface area contributed by atoms with Gasteiger partial charge < -0.3 is 9.47 Å². The van der Waals surface area contributed by atoms with Gasteiger partial charge in [-0.3, -0.25) is 4.98 Å². The number of para-hydroxylation sites is 1. The first kappa shape index (κ1) is 12.8. The quantitative estimate of drug-likeness (QED) is 0.815. The van der Waals surface area contributed by atoms with E-state index in [2.05, 4.69) is 20.9 Å². The van der Waals surface area contributed by atoms with Gasteiger partial charge >= 0.3 is 5.97 Å². The SMILES string of the molecule is CCOC(=O)COc1cccc2c(Br)ccnc12. The summed E-state index contributed by atoms with van der Waals surface area (Å²) in [6, 6.07) is 7.43. The van der Waals surface area contributed by atoms with Crippen molar-refractivity contribution in [2.24, 2.45) is 0 Å². The molecule has 0 aliphatic rings. The molecule has 0 N–H and O–H groups in total. The fraction of sp³-hybridized carbons (Fsp3) is 0.231. The molecule has 0 aliphatic heterocycles. The molecule has 0 fully saturated rings. The molecule has 1 aromatic carbocycles. The lowest BCUT2D eigenvalue weighted by Gasteiger charge is -2.08. The van der Waals surface area contributed by atoms with Crippen molar-refractivity contribution in [3.05, 3.63) is 34.9 Å². The van der Waals surface area contributed by atoms with Gasteiger partial charge in [0.1, 0.15) is 11.3 Å². The first-order valence-corrected chi connectivity index (χ1v) is 6.33. The number of benzene rings is 1. The van der Waals surface area contributed by atoms with E-state index in [1.54, 1.807) is 19.2 Å². The van der Waals surface area contributed by atoms with Crippen LogP contribution in [-0.2, 0) is 9.53 Å². The van der Waals surface area contributed by atoms with Gasteiger partial charge in [0, 0.05) is 16.1 Å². The minimum Gasteiger partial charge on any atom is -0.480 e. The lowest BCUT2D eigenvalue weighted by atomic mass is 10.2. The second kappa shape index (κ2) is 5.82. The Labute approximate surface area is 113 Å². The third-order valence-corrected chi connectivity index (χ3v) is 3.02. The zero-order valence-corrected chi connectivity index (χ0v) is 11.4. The summed E-state index contributed by atoms with van der Waals surface area (Å²) in [5.41, 5.74) is 0.719.